The third-order valence-electron chi connectivity index (χ3n) is 4.34. The Morgan fingerprint density at radius 1 is 1.10 bits per heavy atom. The number of halogens is 2. The van der Waals surface area contributed by atoms with E-state index in [9.17, 15) is 26.8 Å². The summed E-state index contributed by atoms with van der Waals surface area (Å²) in [4.78, 5) is 24.2. The van der Waals surface area contributed by atoms with E-state index in [1.165, 1.54) is 34.6 Å². The van der Waals surface area contributed by atoms with Gasteiger partial charge in [-0.25, -0.2) is 8.42 Å². The first-order valence-electron chi connectivity index (χ1n) is 8.81. The van der Waals surface area contributed by atoms with Crippen molar-refractivity contribution < 1.29 is 26.7 Å². The Hall–Kier alpha value is -2.79. The molecule has 11 heteroatoms. The van der Waals surface area contributed by atoms with E-state index in [-0.39, 0.29) is 10.6 Å². The summed E-state index contributed by atoms with van der Waals surface area (Å²) >= 11 is 0. The number of rotatable bonds is 7. The second-order valence-corrected chi connectivity index (χ2v) is 8.33. The average molecular weight is 427 g/mol. The number of anilines is 1. The predicted octanol–water partition coefficient (Wildman–Crippen LogP) is 1.87. The minimum Gasteiger partial charge on any atom is -0.435 e. The number of carbonyl (C=O) groups excluding carboxylic acids is 1. The lowest BCUT2D eigenvalue weighted by Gasteiger charge is -2.16. The number of amides is 1. The molecule has 0 saturated carbocycles. The highest BCUT2D eigenvalue weighted by molar-refractivity contribution is 7.89. The van der Waals surface area contributed by atoms with Gasteiger partial charge < -0.3 is 14.6 Å². The number of pyridine rings is 1. The highest BCUT2D eigenvalue weighted by atomic mass is 32.2. The van der Waals surface area contributed by atoms with Crippen LogP contribution in [0.5, 0.6) is 5.75 Å². The molecule has 1 aromatic heterocycles. The van der Waals surface area contributed by atoms with Gasteiger partial charge in [0.05, 0.1) is 4.90 Å². The van der Waals surface area contributed by atoms with Crippen LogP contribution in [0.3, 0.4) is 0 Å². The normalized spacial score (nSPS) is 14.9. The van der Waals surface area contributed by atoms with Crippen molar-refractivity contribution in [1.82, 2.24) is 8.87 Å². The summed E-state index contributed by atoms with van der Waals surface area (Å²) in [5.41, 5.74) is -0.216. The number of benzene rings is 1. The molecule has 156 valence electrons. The molecule has 1 aliphatic rings. The van der Waals surface area contributed by atoms with E-state index in [2.05, 4.69) is 10.1 Å². The van der Waals surface area contributed by atoms with Crippen molar-refractivity contribution in [2.24, 2.45) is 0 Å². The average Bonchev–Trinajstić information content (AvgIpc) is 3.20. The van der Waals surface area contributed by atoms with E-state index < -0.39 is 34.6 Å². The van der Waals surface area contributed by atoms with Crippen LogP contribution in [-0.4, -0.2) is 42.9 Å². The van der Waals surface area contributed by atoms with Crippen LogP contribution >= 0.6 is 0 Å². The van der Waals surface area contributed by atoms with E-state index >= 15 is 0 Å². The van der Waals surface area contributed by atoms with Gasteiger partial charge in [0.1, 0.15) is 12.3 Å². The van der Waals surface area contributed by atoms with E-state index in [0.29, 0.717) is 18.8 Å². The van der Waals surface area contributed by atoms with Crippen molar-refractivity contribution in [2.75, 3.05) is 18.4 Å². The molecule has 29 heavy (non-hydrogen) atoms. The summed E-state index contributed by atoms with van der Waals surface area (Å²) in [7, 11) is -3.72. The maximum atomic E-state index is 12.6. The van der Waals surface area contributed by atoms with Crippen molar-refractivity contribution in [2.45, 2.75) is 30.9 Å². The maximum absolute atomic E-state index is 12.6. The van der Waals surface area contributed by atoms with Gasteiger partial charge in [0.25, 0.3) is 5.56 Å². The molecule has 0 bridgehead atoms. The fourth-order valence-electron chi connectivity index (χ4n) is 2.94. The van der Waals surface area contributed by atoms with E-state index in [1.807, 2.05) is 0 Å². The number of hydrogen-bond donors (Lipinski definition) is 1. The first kappa shape index (κ1) is 20.9. The predicted molar refractivity (Wildman–Crippen MR) is 100 cm³/mol. The zero-order valence-corrected chi connectivity index (χ0v) is 16.1. The van der Waals surface area contributed by atoms with Crippen molar-refractivity contribution >= 4 is 21.6 Å². The van der Waals surface area contributed by atoms with Gasteiger partial charge in [-0.15, -0.1) is 0 Å². The standard InChI is InChI=1S/C18H19F2N3O5S/c19-18(20)28-14-5-3-13(4-6-14)21-16(24)12-22-11-15(7-8-17(22)25)29(26,27)23-9-1-2-10-23/h3-8,11,18H,1-2,9-10,12H2,(H,21,24). The Kier molecular flexibility index (Phi) is 6.28. The smallest absolute Gasteiger partial charge is 0.387 e. The number of ether oxygens (including phenoxy) is 1. The van der Waals surface area contributed by atoms with Crippen LogP contribution in [-0.2, 0) is 21.4 Å². The topological polar surface area (TPSA) is 97.7 Å². The summed E-state index contributed by atoms with van der Waals surface area (Å²) in [6.45, 7) is -2.51. The lowest BCUT2D eigenvalue weighted by molar-refractivity contribution is -0.116. The lowest BCUT2D eigenvalue weighted by atomic mass is 10.3. The number of sulfonamides is 1. The fourth-order valence-corrected chi connectivity index (χ4v) is 4.48. The molecule has 1 saturated heterocycles. The van der Waals surface area contributed by atoms with Gasteiger partial charge in [0.2, 0.25) is 15.9 Å². The monoisotopic (exact) mass is 427 g/mol. The molecule has 1 aromatic carbocycles. The zero-order valence-electron chi connectivity index (χ0n) is 15.3. The van der Waals surface area contributed by atoms with Gasteiger partial charge in [0.15, 0.2) is 0 Å². The third kappa shape index (κ3) is 5.18. The minimum absolute atomic E-state index is 0.0553. The summed E-state index contributed by atoms with van der Waals surface area (Å²) < 4.78 is 56.1. The van der Waals surface area contributed by atoms with Crippen LogP contribution in [0, 0.1) is 0 Å². The first-order valence-corrected chi connectivity index (χ1v) is 10.2. The summed E-state index contributed by atoms with van der Waals surface area (Å²) in [5.74, 6) is -0.639. The number of nitrogens with one attached hydrogen (secondary N) is 1. The summed E-state index contributed by atoms with van der Waals surface area (Å²) in [5, 5.41) is 2.51. The van der Waals surface area contributed by atoms with Crippen molar-refractivity contribution in [3.05, 3.63) is 52.9 Å². The van der Waals surface area contributed by atoms with Crippen LogP contribution in [0.25, 0.3) is 0 Å². The fraction of sp³-hybridized carbons (Fsp3) is 0.333. The molecule has 2 aromatic rings. The Labute approximate surface area is 165 Å². The molecule has 1 amide bonds. The summed E-state index contributed by atoms with van der Waals surface area (Å²) in [6.07, 6.45) is 2.71. The quantitative estimate of drug-likeness (QED) is 0.728. The third-order valence-corrected chi connectivity index (χ3v) is 6.22. The molecule has 0 radical (unpaired) electrons. The van der Waals surface area contributed by atoms with E-state index in [4.69, 9.17) is 0 Å². The van der Waals surface area contributed by atoms with Crippen LogP contribution < -0.4 is 15.6 Å². The molecule has 1 fully saturated rings. The molecular weight excluding hydrogens is 408 g/mol. The molecule has 0 aliphatic carbocycles. The maximum Gasteiger partial charge on any atom is 0.387 e. The van der Waals surface area contributed by atoms with Gasteiger partial charge in [0, 0.05) is 31.0 Å². The van der Waals surface area contributed by atoms with Crippen molar-refractivity contribution in [1.29, 1.82) is 0 Å². The first-order chi connectivity index (χ1) is 13.8. The Morgan fingerprint density at radius 2 is 1.76 bits per heavy atom. The van der Waals surface area contributed by atoms with Gasteiger partial charge in [-0.2, -0.15) is 13.1 Å². The number of alkyl halides is 2. The largest absolute Gasteiger partial charge is 0.435 e. The molecule has 2 heterocycles. The Balaban J connectivity index is 1.71. The molecule has 1 aliphatic heterocycles. The van der Waals surface area contributed by atoms with E-state index in [1.54, 1.807) is 0 Å². The second kappa shape index (κ2) is 8.70. The zero-order chi connectivity index (χ0) is 21.0. The lowest BCUT2D eigenvalue weighted by Crippen LogP contribution is -2.31. The van der Waals surface area contributed by atoms with Crippen LogP contribution in [0.2, 0.25) is 0 Å². The van der Waals surface area contributed by atoms with Crippen LogP contribution in [0.4, 0.5) is 14.5 Å². The van der Waals surface area contributed by atoms with Gasteiger partial charge in [-0.05, 0) is 43.2 Å². The molecule has 0 spiro atoms. The SMILES string of the molecule is O=C(Cn1cc(S(=O)(=O)N2CCCC2)ccc1=O)Nc1ccc(OC(F)F)cc1. The van der Waals surface area contributed by atoms with Gasteiger partial charge >= 0.3 is 6.61 Å². The number of nitrogens with zero attached hydrogens (tertiary/aromatic N) is 2. The van der Waals surface area contributed by atoms with E-state index in [0.717, 1.165) is 29.7 Å². The molecule has 3 rings (SSSR count). The number of hydrogen-bond acceptors (Lipinski definition) is 5. The highest BCUT2D eigenvalue weighted by Gasteiger charge is 2.27. The van der Waals surface area contributed by atoms with Crippen molar-refractivity contribution in [3.63, 3.8) is 0 Å². The Morgan fingerprint density at radius 3 is 2.38 bits per heavy atom. The number of aromatic nitrogens is 1. The second-order valence-electron chi connectivity index (χ2n) is 6.39. The van der Waals surface area contributed by atoms with Crippen LogP contribution in [0.15, 0.2) is 52.3 Å². The highest BCUT2D eigenvalue weighted by Crippen LogP contribution is 2.20. The molecule has 1 N–H and O–H groups in total. The molecule has 0 atom stereocenters. The van der Waals surface area contributed by atoms with Gasteiger partial charge in [-0.1, -0.05) is 0 Å². The molecule has 0 unspecified atom stereocenters. The molecular formula is C18H19F2N3O5S. The van der Waals surface area contributed by atoms with Crippen LogP contribution in [0.1, 0.15) is 12.8 Å². The Bertz CT molecular complexity index is 1030. The number of carbonyl (C=O) groups is 1. The van der Waals surface area contributed by atoms with Gasteiger partial charge in [-0.3, -0.25) is 9.59 Å². The molecule has 8 nitrogen and oxygen atoms in total. The minimum atomic E-state index is -3.72. The summed E-state index contributed by atoms with van der Waals surface area (Å²) in [6, 6.07) is 7.59. The van der Waals surface area contributed by atoms with Crippen molar-refractivity contribution in [3.8, 4) is 5.75 Å².